The lowest BCUT2D eigenvalue weighted by atomic mass is 9.93. The Labute approximate surface area is 146 Å². The molecule has 1 atom stereocenters. The average Bonchev–Trinajstić information content (AvgIpc) is 2.48. The summed E-state index contributed by atoms with van der Waals surface area (Å²) in [5.41, 5.74) is 3.55. The van der Waals surface area contributed by atoms with Gasteiger partial charge in [0.05, 0.1) is 6.04 Å². The van der Waals surface area contributed by atoms with Crippen LogP contribution in [0.5, 0.6) is 0 Å². The topological polar surface area (TPSA) is 24.1 Å². The number of rotatable bonds is 4. The molecule has 0 radical (unpaired) electrons. The normalized spacial score (nSPS) is 12.0. The Morgan fingerprint density at radius 1 is 1.05 bits per heavy atom. The fraction of sp³-hybridized carbons (Fsp3) is 0.278. The molecular formula is C18H21BrN2S. The summed E-state index contributed by atoms with van der Waals surface area (Å²) in [6.45, 7) is 6.54. The average molecular weight is 377 g/mol. The molecule has 0 aromatic heterocycles. The lowest BCUT2D eigenvalue weighted by Gasteiger charge is -2.26. The summed E-state index contributed by atoms with van der Waals surface area (Å²) in [4.78, 5) is 0. The van der Waals surface area contributed by atoms with Gasteiger partial charge in [-0.25, -0.2) is 0 Å². The van der Waals surface area contributed by atoms with E-state index in [9.17, 15) is 0 Å². The van der Waals surface area contributed by atoms with Crippen molar-refractivity contribution >= 4 is 38.9 Å². The Morgan fingerprint density at radius 3 is 2.27 bits per heavy atom. The van der Waals surface area contributed by atoms with Crippen molar-refractivity contribution in [1.82, 2.24) is 5.32 Å². The number of benzene rings is 2. The lowest BCUT2D eigenvalue weighted by molar-refractivity contribution is 0.471. The molecule has 0 aliphatic carbocycles. The number of halogens is 1. The number of hydrogen-bond donors (Lipinski definition) is 2. The molecule has 0 aliphatic heterocycles. The third kappa shape index (κ3) is 4.55. The summed E-state index contributed by atoms with van der Waals surface area (Å²) in [7, 11) is 0. The summed E-state index contributed by atoms with van der Waals surface area (Å²) in [6, 6.07) is 16.6. The third-order valence-electron chi connectivity index (χ3n) is 3.58. The molecule has 1 unspecified atom stereocenters. The second-order valence-electron chi connectivity index (χ2n) is 5.68. The van der Waals surface area contributed by atoms with Crippen LogP contribution in [-0.4, -0.2) is 5.11 Å². The highest BCUT2D eigenvalue weighted by molar-refractivity contribution is 9.10. The van der Waals surface area contributed by atoms with Gasteiger partial charge in [-0.15, -0.1) is 0 Å². The van der Waals surface area contributed by atoms with E-state index in [0.29, 0.717) is 11.0 Å². The maximum Gasteiger partial charge on any atom is 0.171 e. The Bertz CT molecular complexity index is 638. The van der Waals surface area contributed by atoms with Crippen LogP contribution >= 0.6 is 28.1 Å². The van der Waals surface area contributed by atoms with Crippen LogP contribution in [0.3, 0.4) is 0 Å². The molecule has 0 spiro atoms. The molecule has 22 heavy (non-hydrogen) atoms. The summed E-state index contributed by atoms with van der Waals surface area (Å²) >= 11 is 8.91. The largest absolute Gasteiger partial charge is 0.355 e. The van der Waals surface area contributed by atoms with Crippen LogP contribution in [0.25, 0.3) is 0 Å². The van der Waals surface area contributed by atoms with Crippen molar-refractivity contribution in [3.05, 3.63) is 64.1 Å². The van der Waals surface area contributed by atoms with Gasteiger partial charge in [-0.3, -0.25) is 0 Å². The van der Waals surface area contributed by atoms with Crippen LogP contribution in [0.1, 0.15) is 31.0 Å². The van der Waals surface area contributed by atoms with Gasteiger partial charge in [-0.05, 0) is 60.5 Å². The predicted molar refractivity (Wildman–Crippen MR) is 102 cm³/mol. The Kier molecular flexibility index (Phi) is 5.98. The third-order valence-corrected chi connectivity index (χ3v) is 4.33. The van der Waals surface area contributed by atoms with Gasteiger partial charge in [-0.1, -0.05) is 54.0 Å². The summed E-state index contributed by atoms with van der Waals surface area (Å²) < 4.78 is 1.05. The number of aryl methyl sites for hydroxylation is 1. The van der Waals surface area contributed by atoms with Crippen LogP contribution < -0.4 is 10.6 Å². The predicted octanol–water partition coefficient (Wildman–Crippen LogP) is 5.44. The van der Waals surface area contributed by atoms with Crippen LogP contribution in [0.2, 0.25) is 0 Å². The van der Waals surface area contributed by atoms with Crippen molar-refractivity contribution in [3.8, 4) is 0 Å². The smallest absolute Gasteiger partial charge is 0.171 e. The van der Waals surface area contributed by atoms with Gasteiger partial charge in [0, 0.05) is 10.2 Å². The first-order valence-corrected chi connectivity index (χ1v) is 8.56. The van der Waals surface area contributed by atoms with E-state index in [4.69, 9.17) is 12.2 Å². The molecule has 0 bridgehead atoms. The molecule has 0 amide bonds. The molecule has 2 N–H and O–H groups in total. The van der Waals surface area contributed by atoms with Crippen LogP contribution in [0.4, 0.5) is 5.69 Å². The maximum atomic E-state index is 5.47. The minimum atomic E-state index is 0.191. The molecule has 116 valence electrons. The van der Waals surface area contributed by atoms with Crippen LogP contribution in [-0.2, 0) is 0 Å². The molecule has 2 aromatic carbocycles. The molecule has 4 heteroatoms. The number of thiocarbonyl (C=S) groups is 1. The molecule has 0 saturated heterocycles. The fourth-order valence-corrected chi connectivity index (χ4v) is 2.89. The van der Waals surface area contributed by atoms with Gasteiger partial charge in [0.2, 0.25) is 0 Å². The summed E-state index contributed by atoms with van der Waals surface area (Å²) in [6.07, 6.45) is 0. The van der Waals surface area contributed by atoms with E-state index >= 15 is 0 Å². The van der Waals surface area contributed by atoms with E-state index < -0.39 is 0 Å². The standard InChI is InChI=1S/C18H21BrN2S/c1-12(2)17(16-7-5-4-6-13(16)3)21-18(22)20-15-10-8-14(19)9-11-15/h4-12,17H,1-3H3,(H2,20,21,22). The highest BCUT2D eigenvalue weighted by atomic mass is 79.9. The summed E-state index contributed by atoms with van der Waals surface area (Å²) in [5, 5.41) is 7.33. The van der Waals surface area contributed by atoms with Crippen molar-refractivity contribution in [2.24, 2.45) is 5.92 Å². The van der Waals surface area contributed by atoms with Gasteiger partial charge in [-0.2, -0.15) is 0 Å². The van der Waals surface area contributed by atoms with E-state index in [1.165, 1.54) is 11.1 Å². The second kappa shape index (κ2) is 7.75. The van der Waals surface area contributed by atoms with Crippen molar-refractivity contribution in [2.45, 2.75) is 26.8 Å². The highest BCUT2D eigenvalue weighted by Crippen LogP contribution is 2.24. The zero-order valence-corrected chi connectivity index (χ0v) is 15.5. The Balaban J connectivity index is 2.10. The monoisotopic (exact) mass is 376 g/mol. The van der Waals surface area contributed by atoms with Gasteiger partial charge in [0.15, 0.2) is 5.11 Å². The van der Waals surface area contributed by atoms with Gasteiger partial charge in [0.25, 0.3) is 0 Å². The first-order chi connectivity index (χ1) is 10.5. The fourth-order valence-electron chi connectivity index (χ4n) is 2.38. The number of anilines is 1. The number of nitrogens with one attached hydrogen (secondary N) is 2. The van der Waals surface area contributed by atoms with Crippen molar-refractivity contribution in [1.29, 1.82) is 0 Å². The maximum absolute atomic E-state index is 5.47. The van der Waals surface area contributed by atoms with Crippen molar-refractivity contribution in [3.63, 3.8) is 0 Å². The molecule has 2 nitrogen and oxygen atoms in total. The van der Waals surface area contributed by atoms with Gasteiger partial charge in [0.1, 0.15) is 0 Å². The molecule has 2 rings (SSSR count). The quantitative estimate of drug-likeness (QED) is 0.694. The van der Waals surface area contributed by atoms with E-state index in [0.717, 1.165) is 10.2 Å². The molecule has 0 heterocycles. The molecule has 2 aromatic rings. The van der Waals surface area contributed by atoms with Gasteiger partial charge >= 0.3 is 0 Å². The molecule has 0 aliphatic rings. The first-order valence-electron chi connectivity index (χ1n) is 7.36. The molecule has 0 fully saturated rings. The highest BCUT2D eigenvalue weighted by Gasteiger charge is 2.18. The Hall–Kier alpha value is -1.39. The van der Waals surface area contributed by atoms with Crippen LogP contribution in [0, 0.1) is 12.8 Å². The first kappa shape index (κ1) is 17.0. The van der Waals surface area contributed by atoms with Gasteiger partial charge < -0.3 is 10.6 Å². The minimum absolute atomic E-state index is 0.191. The van der Waals surface area contributed by atoms with E-state index in [2.05, 4.69) is 71.6 Å². The molecular weight excluding hydrogens is 356 g/mol. The zero-order chi connectivity index (χ0) is 16.1. The van der Waals surface area contributed by atoms with Crippen molar-refractivity contribution < 1.29 is 0 Å². The SMILES string of the molecule is Cc1ccccc1C(NC(=S)Nc1ccc(Br)cc1)C(C)C. The number of hydrogen-bond acceptors (Lipinski definition) is 1. The van der Waals surface area contributed by atoms with E-state index in [1.54, 1.807) is 0 Å². The van der Waals surface area contributed by atoms with Crippen molar-refractivity contribution in [2.75, 3.05) is 5.32 Å². The Morgan fingerprint density at radius 2 is 1.68 bits per heavy atom. The van der Waals surface area contributed by atoms with E-state index in [-0.39, 0.29) is 6.04 Å². The lowest BCUT2D eigenvalue weighted by Crippen LogP contribution is -2.35. The minimum Gasteiger partial charge on any atom is -0.355 e. The van der Waals surface area contributed by atoms with E-state index in [1.807, 2.05) is 24.3 Å². The second-order valence-corrected chi connectivity index (χ2v) is 7.01. The zero-order valence-electron chi connectivity index (χ0n) is 13.1. The van der Waals surface area contributed by atoms with Crippen LogP contribution in [0.15, 0.2) is 53.0 Å². The summed E-state index contributed by atoms with van der Waals surface area (Å²) in [5.74, 6) is 0.436. The molecule has 0 saturated carbocycles.